The van der Waals surface area contributed by atoms with E-state index in [2.05, 4.69) is 0 Å². The van der Waals surface area contributed by atoms with Gasteiger partial charge in [-0.1, -0.05) is 34.1 Å². The summed E-state index contributed by atoms with van der Waals surface area (Å²) in [5.41, 5.74) is 0. The van der Waals surface area contributed by atoms with Crippen LogP contribution in [-0.4, -0.2) is 10.3 Å². The third-order valence-electron chi connectivity index (χ3n) is 3.98. The fourth-order valence-electron chi connectivity index (χ4n) is 2.88. The van der Waals surface area contributed by atoms with Gasteiger partial charge >= 0.3 is 15.4 Å². The molecular formula is C11H22O4P2. The van der Waals surface area contributed by atoms with Gasteiger partial charge in [-0.3, -0.25) is 0 Å². The van der Waals surface area contributed by atoms with Crippen molar-refractivity contribution in [3.63, 3.8) is 0 Å². The molecule has 0 aliphatic heterocycles. The minimum absolute atomic E-state index is 0.347. The van der Waals surface area contributed by atoms with Crippen LogP contribution in [0.3, 0.4) is 0 Å². The van der Waals surface area contributed by atoms with E-state index in [0.717, 1.165) is 0 Å². The van der Waals surface area contributed by atoms with Gasteiger partial charge in [0.05, 0.1) is 10.3 Å². The second-order valence-electron chi connectivity index (χ2n) is 4.39. The van der Waals surface area contributed by atoms with E-state index in [4.69, 9.17) is 0 Å². The summed E-state index contributed by atoms with van der Waals surface area (Å²) < 4.78 is 46.6. The summed E-state index contributed by atoms with van der Waals surface area (Å²) >= 11 is 0. The predicted octanol–water partition coefficient (Wildman–Crippen LogP) is 4.84. The van der Waals surface area contributed by atoms with Gasteiger partial charge < -0.3 is 0 Å². The summed E-state index contributed by atoms with van der Waals surface area (Å²) in [5.74, 6) is 0. The summed E-state index contributed by atoms with van der Waals surface area (Å²) in [5, 5.41) is -2.24. The van der Waals surface area contributed by atoms with Crippen molar-refractivity contribution >= 4 is 15.4 Å². The molecule has 17 heavy (non-hydrogen) atoms. The third-order valence-corrected chi connectivity index (χ3v) is 7.59. The minimum atomic E-state index is -2.77. The van der Waals surface area contributed by atoms with Gasteiger partial charge in [-0.2, -0.15) is 0 Å². The van der Waals surface area contributed by atoms with Crippen LogP contribution in [0.1, 0.15) is 59.8 Å². The Morgan fingerprint density at radius 2 is 1.06 bits per heavy atom. The van der Waals surface area contributed by atoms with Gasteiger partial charge in [-0.05, 0) is 25.7 Å². The Morgan fingerprint density at radius 1 is 0.706 bits per heavy atom. The topological polar surface area (TPSA) is 68.3 Å². The van der Waals surface area contributed by atoms with Crippen molar-refractivity contribution in [2.75, 3.05) is 0 Å². The minimum Gasteiger partial charge on any atom is -0.237 e. The van der Waals surface area contributed by atoms with Gasteiger partial charge in [-0.25, -0.2) is 18.3 Å². The van der Waals surface area contributed by atoms with E-state index < -0.39 is 25.7 Å². The van der Waals surface area contributed by atoms with Gasteiger partial charge in [0.25, 0.3) is 0 Å². The molecule has 4 nitrogen and oxygen atoms in total. The molecule has 0 fully saturated rings. The summed E-state index contributed by atoms with van der Waals surface area (Å²) in [6.45, 7) is 7.16. The van der Waals surface area contributed by atoms with Crippen molar-refractivity contribution in [1.29, 1.82) is 0 Å². The van der Waals surface area contributed by atoms with Gasteiger partial charge in [0, 0.05) is 0 Å². The van der Waals surface area contributed by atoms with Crippen LogP contribution in [0.2, 0.25) is 0 Å². The monoisotopic (exact) mass is 280 g/mol. The predicted molar refractivity (Wildman–Crippen MR) is 67.8 cm³/mol. The first kappa shape index (κ1) is 16.8. The van der Waals surface area contributed by atoms with Crippen LogP contribution >= 0.6 is 15.4 Å². The second-order valence-corrected chi connectivity index (χ2v) is 7.13. The first-order valence-corrected chi connectivity index (χ1v) is 8.53. The van der Waals surface area contributed by atoms with Crippen molar-refractivity contribution in [3.8, 4) is 0 Å². The van der Waals surface area contributed by atoms with E-state index in [1.165, 1.54) is 0 Å². The molecule has 0 amide bonds. The van der Waals surface area contributed by atoms with E-state index >= 15 is 0 Å². The van der Waals surface area contributed by atoms with Crippen LogP contribution in [0, 0.1) is 0 Å². The maximum absolute atomic E-state index is 11.7. The standard InChI is InChI=1S/C11H22O4P2/c1-5-9-11(8-4,17(14)15)10(6-2,7-3)16(12)13/h5-9H2,1-4H3. The summed E-state index contributed by atoms with van der Waals surface area (Å²) in [6.07, 6.45) is 2.12. The first-order chi connectivity index (χ1) is 7.88. The highest BCUT2D eigenvalue weighted by Gasteiger charge is 2.56. The highest BCUT2D eigenvalue weighted by molar-refractivity contribution is 7.38. The SMILES string of the molecule is CCCC(CC)(P(=O)=O)C(CC)(CC)P(=O)=O. The highest BCUT2D eigenvalue weighted by Crippen LogP contribution is 2.57. The van der Waals surface area contributed by atoms with Crippen molar-refractivity contribution in [1.82, 2.24) is 0 Å². The van der Waals surface area contributed by atoms with Crippen molar-refractivity contribution in [3.05, 3.63) is 0 Å². The van der Waals surface area contributed by atoms with Gasteiger partial charge in [0.2, 0.25) is 0 Å². The molecule has 0 aliphatic carbocycles. The van der Waals surface area contributed by atoms with Crippen LogP contribution in [0.15, 0.2) is 0 Å². The Balaban J connectivity index is 6.01. The fraction of sp³-hybridized carbons (Fsp3) is 1.00. The number of hydrogen-bond donors (Lipinski definition) is 0. The lowest BCUT2D eigenvalue weighted by molar-refractivity contribution is 0.309. The summed E-state index contributed by atoms with van der Waals surface area (Å²) in [6, 6.07) is 0. The second kappa shape index (κ2) is 6.66. The highest BCUT2D eigenvalue weighted by atomic mass is 31.1. The normalized spacial score (nSPS) is 15.3. The molecule has 0 saturated heterocycles. The van der Waals surface area contributed by atoms with Crippen LogP contribution in [0.4, 0.5) is 0 Å². The van der Waals surface area contributed by atoms with Gasteiger partial charge in [0.1, 0.15) is 0 Å². The number of rotatable bonds is 8. The zero-order valence-corrected chi connectivity index (χ0v) is 12.9. The van der Waals surface area contributed by atoms with E-state index in [-0.39, 0.29) is 0 Å². The molecule has 0 aromatic heterocycles. The lowest BCUT2D eigenvalue weighted by Gasteiger charge is -2.39. The van der Waals surface area contributed by atoms with Crippen LogP contribution in [0.5, 0.6) is 0 Å². The molecule has 0 radical (unpaired) electrons. The van der Waals surface area contributed by atoms with Gasteiger partial charge in [-0.15, -0.1) is 0 Å². The quantitative estimate of drug-likeness (QED) is 0.596. The molecule has 6 heteroatoms. The summed E-state index contributed by atoms with van der Waals surface area (Å²) in [4.78, 5) is 0. The van der Waals surface area contributed by atoms with Crippen molar-refractivity contribution in [2.45, 2.75) is 70.1 Å². The molecule has 0 rings (SSSR count). The molecular weight excluding hydrogens is 258 g/mol. The summed E-state index contributed by atoms with van der Waals surface area (Å²) in [7, 11) is -5.54. The largest absolute Gasteiger partial charge is 0.323 e. The molecule has 0 saturated carbocycles. The van der Waals surface area contributed by atoms with Crippen LogP contribution in [0.25, 0.3) is 0 Å². The molecule has 1 atom stereocenters. The molecule has 0 aromatic rings. The van der Waals surface area contributed by atoms with E-state index in [1.54, 1.807) is 20.8 Å². The Morgan fingerprint density at radius 3 is 1.24 bits per heavy atom. The smallest absolute Gasteiger partial charge is 0.237 e. The molecule has 0 aromatic carbocycles. The third kappa shape index (κ3) is 2.63. The molecule has 1 unspecified atom stereocenters. The average molecular weight is 280 g/mol. The van der Waals surface area contributed by atoms with Crippen LogP contribution in [-0.2, 0) is 18.3 Å². The molecule has 0 N–H and O–H groups in total. The Labute approximate surface area is 104 Å². The van der Waals surface area contributed by atoms with Crippen molar-refractivity contribution < 1.29 is 18.3 Å². The van der Waals surface area contributed by atoms with E-state index in [0.29, 0.717) is 32.1 Å². The lowest BCUT2D eigenvalue weighted by atomic mass is 9.80. The Kier molecular flexibility index (Phi) is 6.58. The maximum atomic E-state index is 11.7. The van der Waals surface area contributed by atoms with Crippen molar-refractivity contribution in [2.24, 2.45) is 0 Å². The molecule has 0 bridgehead atoms. The Hall–Kier alpha value is -0.200. The lowest BCUT2D eigenvalue weighted by Crippen LogP contribution is -2.46. The Bertz CT molecular complexity index is 365. The first-order valence-electron chi connectivity index (χ1n) is 6.17. The molecule has 0 spiro atoms. The van der Waals surface area contributed by atoms with E-state index in [9.17, 15) is 18.3 Å². The molecule has 0 heterocycles. The van der Waals surface area contributed by atoms with E-state index in [1.807, 2.05) is 6.92 Å². The zero-order chi connectivity index (χ0) is 13.7. The fourth-order valence-corrected chi connectivity index (χ4v) is 5.82. The maximum Gasteiger partial charge on any atom is 0.323 e. The number of hydrogen-bond acceptors (Lipinski definition) is 4. The molecule has 100 valence electrons. The average Bonchev–Trinajstić information content (AvgIpc) is 2.28. The zero-order valence-electron chi connectivity index (χ0n) is 11.1. The van der Waals surface area contributed by atoms with Gasteiger partial charge in [0.15, 0.2) is 0 Å². The molecule has 0 aliphatic rings. The van der Waals surface area contributed by atoms with Crippen LogP contribution < -0.4 is 0 Å².